The van der Waals surface area contributed by atoms with Crippen molar-refractivity contribution in [1.29, 1.82) is 0 Å². The van der Waals surface area contributed by atoms with Gasteiger partial charge in [0.2, 0.25) is 11.7 Å². The molecule has 0 atom stereocenters. The highest BCUT2D eigenvalue weighted by atomic mass is 16.5. The fourth-order valence-electron chi connectivity index (χ4n) is 1.76. The first-order valence-electron chi connectivity index (χ1n) is 5.32. The van der Waals surface area contributed by atoms with E-state index in [1.807, 2.05) is 30.3 Å². The number of benzene rings is 1. The van der Waals surface area contributed by atoms with Crippen molar-refractivity contribution in [3.63, 3.8) is 0 Å². The zero-order valence-corrected chi connectivity index (χ0v) is 8.39. The summed E-state index contributed by atoms with van der Waals surface area (Å²) in [6.07, 6.45) is 3.67. The van der Waals surface area contributed by atoms with E-state index in [2.05, 4.69) is 10.1 Å². The molecule has 76 valence electrons. The average molecular weight is 200 g/mol. The Morgan fingerprint density at radius 1 is 1.13 bits per heavy atom. The summed E-state index contributed by atoms with van der Waals surface area (Å²) in [6.45, 7) is 0. The Morgan fingerprint density at radius 2 is 1.93 bits per heavy atom. The number of nitrogens with zero attached hydrogens (tertiary/aromatic N) is 2. The summed E-state index contributed by atoms with van der Waals surface area (Å²) in [4.78, 5) is 4.42. The Kier molecular flexibility index (Phi) is 2.02. The molecule has 15 heavy (non-hydrogen) atoms. The van der Waals surface area contributed by atoms with Crippen molar-refractivity contribution in [3.05, 3.63) is 36.2 Å². The average Bonchev–Trinajstić information content (AvgIpc) is 2.66. The van der Waals surface area contributed by atoms with Gasteiger partial charge in [0.1, 0.15) is 0 Å². The number of hydrogen-bond donors (Lipinski definition) is 0. The van der Waals surface area contributed by atoms with Crippen LogP contribution in [0, 0.1) is 0 Å². The molecule has 1 aliphatic carbocycles. The summed E-state index contributed by atoms with van der Waals surface area (Å²) in [6, 6.07) is 9.94. The smallest absolute Gasteiger partial charge is 0.230 e. The molecule has 0 spiro atoms. The molecule has 0 amide bonds. The quantitative estimate of drug-likeness (QED) is 0.748. The van der Waals surface area contributed by atoms with E-state index in [1.54, 1.807) is 0 Å². The van der Waals surface area contributed by atoms with E-state index in [0.29, 0.717) is 11.7 Å². The lowest BCUT2D eigenvalue weighted by molar-refractivity contribution is 0.292. The first-order valence-corrected chi connectivity index (χ1v) is 5.32. The maximum Gasteiger partial charge on any atom is 0.230 e. The van der Waals surface area contributed by atoms with Crippen LogP contribution in [0.2, 0.25) is 0 Å². The Hall–Kier alpha value is -1.64. The van der Waals surface area contributed by atoms with Crippen LogP contribution in [0.3, 0.4) is 0 Å². The Morgan fingerprint density at radius 3 is 2.60 bits per heavy atom. The molecule has 1 aromatic heterocycles. The molecule has 0 aliphatic heterocycles. The zero-order valence-electron chi connectivity index (χ0n) is 8.39. The van der Waals surface area contributed by atoms with E-state index in [-0.39, 0.29) is 0 Å². The lowest BCUT2D eigenvalue weighted by Gasteiger charge is -2.20. The molecule has 3 rings (SSSR count). The lowest BCUT2D eigenvalue weighted by Crippen LogP contribution is -2.08. The van der Waals surface area contributed by atoms with Crippen LogP contribution in [0.5, 0.6) is 0 Å². The van der Waals surface area contributed by atoms with Gasteiger partial charge in [-0.1, -0.05) is 41.9 Å². The molecule has 0 unspecified atom stereocenters. The minimum absolute atomic E-state index is 0.509. The Balaban J connectivity index is 1.90. The molecule has 1 saturated carbocycles. The molecule has 0 radical (unpaired) electrons. The van der Waals surface area contributed by atoms with E-state index < -0.39 is 0 Å². The first kappa shape index (κ1) is 8.65. The van der Waals surface area contributed by atoms with Crippen LogP contribution in [-0.2, 0) is 0 Å². The van der Waals surface area contributed by atoms with Crippen molar-refractivity contribution in [3.8, 4) is 11.4 Å². The van der Waals surface area contributed by atoms with Crippen molar-refractivity contribution < 1.29 is 4.52 Å². The number of hydrogen-bond acceptors (Lipinski definition) is 3. The third-order valence-electron chi connectivity index (χ3n) is 2.93. The van der Waals surface area contributed by atoms with E-state index in [9.17, 15) is 0 Å². The molecule has 1 aromatic carbocycles. The maximum absolute atomic E-state index is 5.26. The SMILES string of the molecule is c1ccc(-c2noc(C3CCC3)n2)cc1. The van der Waals surface area contributed by atoms with Crippen molar-refractivity contribution >= 4 is 0 Å². The van der Waals surface area contributed by atoms with Crippen molar-refractivity contribution in [2.45, 2.75) is 25.2 Å². The third kappa shape index (κ3) is 1.54. The molecule has 0 N–H and O–H groups in total. The fraction of sp³-hybridized carbons (Fsp3) is 0.333. The fourth-order valence-corrected chi connectivity index (χ4v) is 1.76. The van der Waals surface area contributed by atoms with E-state index in [1.165, 1.54) is 19.3 Å². The predicted molar refractivity (Wildman–Crippen MR) is 56.3 cm³/mol. The van der Waals surface area contributed by atoms with Gasteiger partial charge in [-0.3, -0.25) is 0 Å². The second-order valence-electron chi connectivity index (χ2n) is 3.95. The molecule has 1 heterocycles. The molecule has 3 heteroatoms. The van der Waals surface area contributed by atoms with Crippen molar-refractivity contribution in [1.82, 2.24) is 10.1 Å². The van der Waals surface area contributed by atoms with Gasteiger partial charge < -0.3 is 4.52 Å². The van der Waals surface area contributed by atoms with Crippen molar-refractivity contribution in [2.24, 2.45) is 0 Å². The Labute approximate surface area is 88.1 Å². The van der Waals surface area contributed by atoms with Crippen LogP contribution >= 0.6 is 0 Å². The number of aromatic nitrogens is 2. The normalized spacial score (nSPS) is 16.3. The molecular formula is C12H12N2O. The van der Waals surface area contributed by atoms with Gasteiger partial charge in [0.25, 0.3) is 0 Å². The molecular weight excluding hydrogens is 188 g/mol. The minimum Gasteiger partial charge on any atom is -0.339 e. The van der Waals surface area contributed by atoms with Gasteiger partial charge >= 0.3 is 0 Å². The summed E-state index contributed by atoms with van der Waals surface area (Å²) >= 11 is 0. The topological polar surface area (TPSA) is 38.9 Å². The van der Waals surface area contributed by atoms with Crippen LogP contribution in [0.15, 0.2) is 34.9 Å². The van der Waals surface area contributed by atoms with Crippen LogP contribution < -0.4 is 0 Å². The molecule has 0 saturated heterocycles. The largest absolute Gasteiger partial charge is 0.339 e. The maximum atomic E-state index is 5.26. The molecule has 1 aliphatic rings. The van der Waals surface area contributed by atoms with Gasteiger partial charge in [-0.15, -0.1) is 0 Å². The van der Waals surface area contributed by atoms with Gasteiger partial charge in [0, 0.05) is 11.5 Å². The summed E-state index contributed by atoms with van der Waals surface area (Å²) in [5, 5.41) is 4.00. The second-order valence-corrected chi connectivity index (χ2v) is 3.95. The van der Waals surface area contributed by atoms with Crippen LogP contribution in [-0.4, -0.2) is 10.1 Å². The van der Waals surface area contributed by atoms with Crippen LogP contribution in [0.25, 0.3) is 11.4 Å². The highest BCUT2D eigenvalue weighted by Crippen LogP contribution is 2.35. The number of rotatable bonds is 2. The zero-order chi connectivity index (χ0) is 10.1. The van der Waals surface area contributed by atoms with Crippen LogP contribution in [0.4, 0.5) is 0 Å². The highest BCUT2D eigenvalue weighted by Gasteiger charge is 2.25. The van der Waals surface area contributed by atoms with E-state index >= 15 is 0 Å². The summed E-state index contributed by atoms with van der Waals surface area (Å²) < 4.78 is 5.26. The van der Waals surface area contributed by atoms with Crippen molar-refractivity contribution in [2.75, 3.05) is 0 Å². The monoisotopic (exact) mass is 200 g/mol. The summed E-state index contributed by atoms with van der Waals surface area (Å²) in [5.74, 6) is 2.02. The van der Waals surface area contributed by atoms with Gasteiger partial charge in [-0.05, 0) is 12.8 Å². The van der Waals surface area contributed by atoms with Gasteiger partial charge in [0.05, 0.1) is 0 Å². The highest BCUT2D eigenvalue weighted by molar-refractivity contribution is 5.53. The predicted octanol–water partition coefficient (Wildman–Crippen LogP) is 3.00. The molecule has 2 aromatic rings. The van der Waals surface area contributed by atoms with Crippen LogP contribution in [0.1, 0.15) is 31.1 Å². The third-order valence-corrected chi connectivity index (χ3v) is 2.93. The molecule has 1 fully saturated rings. The van der Waals surface area contributed by atoms with E-state index in [4.69, 9.17) is 4.52 Å². The lowest BCUT2D eigenvalue weighted by atomic mass is 9.85. The van der Waals surface area contributed by atoms with Gasteiger partial charge in [-0.25, -0.2) is 0 Å². The second kappa shape index (κ2) is 3.50. The first-order chi connectivity index (χ1) is 7.43. The minimum atomic E-state index is 0.509. The van der Waals surface area contributed by atoms with Gasteiger partial charge in [-0.2, -0.15) is 4.98 Å². The standard InChI is InChI=1S/C12H12N2O/c1-2-5-9(6-3-1)11-13-12(15-14-11)10-7-4-8-10/h1-3,5-6,10H,4,7-8H2. The summed E-state index contributed by atoms with van der Waals surface area (Å²) in [7, 11) is 0. The van der Waals surface area contributed by atoms with Gasteiger partial charge in [0.15, 0.2) is 0 Å². The molecule has 0 bridgehead atoms. The summed E-state index contributed by atoms with van der Waals surface area (Å²) in [5.41, 5.74) is 1.02. The Bertz CT molecular complexity index is 446. The molecule has 3 nitrogen and oxygen atoms in total. The van der Waals surface area contributed by atoms with E-state index in [0.717, 1.165) is 11.5 Å².